The number of aryl methyl sites for hydroxylation is 3. The third kappa shape index (κ3) is 6.47. The number of benzene rings is 4. The van der Waals surface area contributed by atoms with E-state index in [1.165, 1.54) is 42.5 Å². The van der Waals surface area contributed by atoms with Gasteiger partial charge in [-0.3, -0.25) is 14.2 Å². The van der Waals surface area contributed by atoms with Crippen molar-refractivity contribution in [3.05, 3.63) is 112 Å². The average molecular weight is 598 g/mol. The lowest BCUT2D eigenvalue weighted by Gasteiger charge is -2.14. The van der Waals surface area contributed by atoms with Gasteiger partial charge in [0.2, 0.25) is 0 Å². The number of halogens is 1. The van der Waals surface area contributed by atoms with Gasteiger partial charge in [0.1, 0.15) is 4.90 Å². The summed E-state index contributed by atoms with van der Waals surface area (Å²) in [6.07, 6.45) is 0. The van der Waals surface area contributed by atoms with Crippen molar-refractivity contribution in [3.63, 3.8) is 0 Å². The monoisotopic (exact) mass is 597 g/mol. The molecule has 0 bridgehead atoms. The first kappa shape index (κ1) is 29.1. The Balaban J connectivity index is 1.52. The molecule has 0 heterocycles. The summed E-state index contributed by atoms with van der Waals surface area (Å²) in [6.45, 7) is 7.35. The molecular weight excluding hydrogens is 570 g/mol. The maximum Gasteiger partial charge on any atom is 0.263 e. The van der Waals surface area contributed by atoms with Crippen molar-refractivity contribution in [2.24, 2.45) is 0 Å². The van der Waals surface area contributed by atoms with Crippen LogP contribution in [0.1, 0.15) is 32.6 Å². The summed E-state index contributed by atoms with van der Waals surface area (Å²) in [7, 11) is -7.96. The molecule has 0 aliphatic carbocycles. The molecule has 0 radical (unpaired) electrons. The summed E-state index contributed by atoms with van der Waals surface area (Å²) in [5, 5.41) is 2.61. The molecule has 0 fully saturated rings. The quantitative estimate of drug-likeness (QED) is 0.216. The summed E-state index contributed by atoms with van der Waals surface area (Å²) >= 11 is 6.21. The number of carbonyl (C=O) groups is 1. The minimum atomic E-state index is -4.10. The number of hydrogen-bond acceptors (Lipinski definition) is 5. The molecule has 3 N–H and O–H groups in total. The highest BCUT2D eigenvalue weighted by Gasteiger charge is 2.22. The number of carbonyl (C=O) groups excluding carboxylic acids is 1. The van der Waals surface area contributed by atoms with Crippen LogP contribution in [0.3, 0.4) is 0 Å². The number of amides is 1. The molecular formula is C29H28ClN3O5S2. The van der Waals surface area contributed by atoms with Crippen LogP contribution in [0.15, 0.2) is 88.7 Å². The second-order valence-corrected chi connectivity index (χ2v) is 13.1. The van der Waals surface area contributed by atoms with Gasteiger partial charge in [-0.1, -0.05) is 35.9 Å². The Hall–Kier alpha value is -3.86. The molecule has 4 aromatic carbocycles. The van der Waals surface area contributed by atoms with E-state index in [0.29, 0.717) is 17.1 Å². The van der Waals surface area contributed by atoms with Crippen LogP contribution in [0.4, 0.5) is 17.1 Å². The summed E-state index contributed by atoms with van der Waals surface area (Å²) in [5.41, 5.74) is 4.66. The van der Waals surface area contributed by atoms with E-state index in [4.69, 9.17) is 11.6 Å². The van der Waals surface area contributed by atoms with Crippen LogP contribution < -0.4 is 14.8 Å². The summed E-state index contributed by atoms with van der Waals surface area (Å²) in [4.78, 5) is 12.7. The number of hydrogen-bond donors (Lipinski definition) is 3. The highest BCUT2D eigenvalue weighted by Crippen LogP contribution is 2.28. The topological polar surface area (TPSA) is 121 Å². The van der Waals surface area contributed by atoms with E-state index in [1.54, 1.807) is 25.1 Å². The average Bonchev–Trinajstić information content (AvgIpc) is 2.89. The van der Waals surface area contributed by atoms with Gasteiger partial charge in [0.25, 0.3) is 26.0 Å². The van der Waals surface area contributed by atoms with Crippen molar-refractivity contribution in [1.29, 1.82) is 0 Å². The summed E-state index contributed by atoms with van der Waals surface area (Å²) < 4.78 is 57.1. The molecule has 40 heavy (non-hydrogen) atoms. The fraction of sp³-hybridized carbons (Fsp3) is 0.138. The van der Waals surface area contributed by atoms with Crippen LogP contribution >= 0.6 is 11.6 Å². The van der Waals surface area contributed by atoms with Crippen LogP contribution in [0.5, 0.6) is 0 Å². The normalized spacial score (nSPS) is 11.6. The van der Waals surface area contributed by atoms with Crippen molar-refractivity contribution in [2.45, 2.75) is 37.5 Å². The lowest BCUT2D eigenvalue weighted by atomic mass is 10.1. The molecule has 0 saturated carbocycles. The van der Waals surface area contributed by atoms with Crippen molar-refractivity contribution in [1.82, 2.24) is 0 Å². The molecule has 0 unspecified atom stereocenters. The SMILES string of the molecule is Cc1ccc(C)c(NS(=O)(=O)c2ccc(NC(=O)c3ccc(Cl)c(S(=O)(=O)Nc4cccc(C)c4C)c3)cc2)c1. The first-order chi connectivity index (χ1) is 18.8. The molecule has 0 aliphatic heterocycles. The maximum absolute atomic E-state index is 13.1. The van der Waals surface area contributed by atoms with Gasteiger partial charge in [-0.15, -0.1) is 0 Å². The smallest absolute Gasteiger partial charge is 0.263 e. The second-order valence-electron chi connectivity index (χ2n) is 9.40. The van der Waals surface area contributed by atoms with Gasteiger partial charge in [0.15, 0.2) is 0 Å². The van der Waals surface area contributed by atoms with E-state index in [9.17, 15) is 21.6 Å². The minimum absolute atomic E-state index is 0.0174. The van der Waals surface area contributed by atoms with Gasteiger partial charge >= 0.3 is 0 Å². The predicted octanol–water partition coefficient (Wildman–Crippen LogP) is 6.43. The minimum Gasteiger partial charge on any atom is -0.322 e. The van der Waals surface area contributed by atoms with E-state index in [1.807, 2.05) is 39.0 Å². The molecule has 0 aliphatic rings. The molecule has 11 heteroatoms. The Kier molecular flexibility index (Phi) is 8.25. The molecule has 1 amide bonds. The van der Waals surface area contributed by atoms with E-state index >= 15 is 0 Å². The molecule has 0 spiro atoms. The predicted molar refractivity (Wildman–Crippen MR) is 159 cm³/mol. The lowest BCUT2D eigenvalue weighted by molar-refractivity contribution is 0.102. The van der Waals surface area contributed by atoms with Gasteiger partial charge in [-0.25, -0.2) is 16.8 Å². The number of sulfonamides is 2. The number of nitrogens with one attached hydrogen (secondary N) is 3. The lowest BCUT2D eigenvalue weighted by Crippen LogP contribution is -2.17. The van der Waals surface area contributed by atoms with Crippen molar-refractivity contribution >= 4 is 54.6 Å². The standard InChI is InChI=1S/C29H28ClN3O5S2/c1-18-8-9-20(3)27(16-18)33-39(35,36)24-13-11-23(12-14-24)31-29(34)22-10-15-25(30)28(17-22)40(37,38)32-26-7-5-6-19(2)21(26)4/h5-17,32-33H,1-4H3,(H,31,34). The molecule has 8 nitrogen and oxygen atoms in total. The third-order valence-corrected chi connectivity index (χ3v) is 9.62. The Labute approximate surface area is 239 Å². The first-order valence-corrected chi connectivity index (χ1v) is 15.5. The van der Waals surface area contributed by atoms with Crippen LogP contribution in [-0.4, -0.2) is 22.7 Å². The zero-order chi connectivity index (χ0) is 29.2. The molecule has 4 rings (SSSR count). The van der Waals surface area contributed by atoms with Crippen molar-refractivity contribution < 1.29 is 21.6 Å². The van der Waals surface area contributed by atoms with Gasteiger partial charge in [-0.05, 0) is 105 Å². The largest absolute Gasteiger partial charge is 0.322 e. The highest BCUT2D eigenvalue weighted by molar-refractivity contribution is 7.93. The van der Waals surface area contributed by atoms with E-state index < -0.39 is 26.0 Å². The van der Waals surface area contributed by atoms with Crippen LogP contribution in [0.2, 0.25) is 5.02 Å². The highest BCUT2D eigenvalue weighted by atomic mass is 35.5. The van der Waals surface area contributed by atoms with E-state index in [0.717, 1.165) is 22.3 Å². The third-order valence-electron chi connectivity index (χ3n) is 6.39. The van der Waals surface area contributed by atoms with Gasteiger partial charge < -0.3 is 5.32 Å². The Morgan fingerprint density at radius 1 is 0.700 bits per heavy atom. The van der Waals surface area contributed by atoms with Crippen LogP contribution in [-0.2, 0) is 20.0 Å². The zero-order valence-corrected chi connectivity index (χ0v) is 24.6. The van der Waals surface area contributed by atoms with Crippen molar-refractivity contribution in [2.75, 3.05) is 14.8 Å². The van der Waals surface area contributed by atoms with Crippen LogP contribution in [0.25, 0.3) is 0 Å². The van der Waals surface area contributed by atoms with Crippen molar-refractivity contribution in [3.8, 4) is 0 Å². The zero-order valence-electron chi connectivity index (χ0n) is 22.2. The summed E-state index contributed by atoms with van der Waals surface area (Å²) in [6, 6.07) is 20.3. The van der Waals surface area contributed by atoms with E-state index in [-0.39, 0.29) is 20.4 Å². The Bertz CT molecular complexity index is 1820. The molecule has 208 valence electrons. The number of rotatable bonds is 8. The summed E-state index contributed by atoms with van der Waals surface area (Å²) in [5.74, 6) is -0.594. The van der Waals surface area contributed by atoms with Gasteiger partial charge in [0.05, 0.1) is 21.3 Å². The fourth-order valence-corrected chi connectivity index (χ4v) is 6.65. The van der Waals surface area contributed by atoms with Gasteiger partial charge in [0, 0.05) is 11.3 Å². The molecule has 0 atom stereocenters. The Morgan fingerprint density at radius 2 is 1.38 bits per heavy atom. The van der Waals surface area contributed by atoms with E-state index in [2.05, 4.69) is 14.8 Å². The molecule has 0 saturated heterocycles. The van der Waals surface area contributed by atoms with Crippen LogP contribution in [0, 0.1) is 27.7 Å². The fourth-order valence-electron chi connectivity index (χ4n) is 3.88. The maximum atomic E-state index is 13.1. The molecule has 0 aromatic heterocycles. The Morgan fingerprint density at radius 3 is 2.08 bits per heavy atom. The number of anilines is 3. The first-order valence-electron chi connectivity index (χ1n) is 12.2. The van der Waals surface area contributed by atoms with Gasteiger partial charge in [-0.2, -0.15) is 0 Å². The molecule has 4 aromatic rings. The second kappa shape index (κ2) is 11.3.